The molecule has 1 aliphatic heterocycles. The third kappa shape index (κ3) is 3.90. The van der Waals surface area contributed by atoms with Crippen molar-refractivity contribution in [2.24, 2.45) is 0 Å². The van der Waals surface area contributed by atoms with Gasteiger partial charge in [-0.2, -0.15) is 0 Å². The largest absolute Gasteiger partial charge is 0.384 e. The molecule has 0 saturated carbocycles. The van der Waals surface area contributed by atoms with Crippen molar-refractivity contribution in [1.29, 1.82) is 0 Å². The van der Waals surface area contributed by atoms with Crippen molar-refractivity contribution in [1.82, 2.24) is 4.90 Å². The van der Waals surface area contributed by atoms with E-state index in [0.29, 0.717) is 5.56 Å². The molecule has 0 amide bonds. The Morgan fingerprint density at radius 1 is 1.42 bits per heavy atom. The van der Waals surface area contributed by atoms with Crippen LogP contribution in [0.15, 0.2) is 18.2 Å². The summed E-state index contributed by atoms with van der Waals surface area (Å²) in [5, 5.41) is 14.1. The average molecular weight is 265 g/mol. The van der Waals surface area contributed by atoms with Crippen LogP contribution in [0.5, 0.6) is 0 Å². The predicted molar refractivity (Wildman–Crippen MR) is 73.6 cm³/mol. The summed E-state index contributed by atoms with van der Waals surface area (Å²) in [5.74, 6) is 0. The summed E-state index contributed by atoms with van der Waals surface area (Å²) in [6, 6.07) is 5.24. The van der Waals surface area contributed by atoms with Crippen molar-refractivity contribution in [2.75, 3.05) is 44.7 Å². The number of anilines is 1. The van der Waals surface area contributed by atoms with E-state index in [2.05, 4.69) is 10.2 Å². The number of nitro groups is 1. The van der Waals surface area contributed by atoms with Gasteiger partial charge >= 0.3 is 0 Å². The SMILES string of the molecule is Cc1ccc(NCCN2CCOCC2)cc1[N+](=O)[O-]. The molecule has 0 aliphatic carbocycles. The van der Waals surface area contributed by atoms with E-state index >= 15 is 0 Å². The van der Waals surface area contributed by atoms with E-state index in [1.54, 1.807) is 19.1 Å². The number of morpholine rings is 1. The van der Waals surface area contributed by atoms with Gasteiger partial charge < -0.3 is 10.1 Å². The molecule has 0 atom stereocenters. The van der Waals surface area contributed by atoms with Crippen LogP contribution in [0.1, 0.15) is 5.56 Å². The smallest absolute Gasteiger partial charge is 0.274 e. The van der Waals surface area contributed by atoms with Crippen molar-refractivity contribution in [3.05, 3.63) is 33.9 Å². The summed E-state index contributed by atoms with van der Waals surface area (Å²) in [6.45, 7) is 6.93. The van der Waals surface area contributed by atoms with Crippen molar-refractivity contribution in [3.63, 3.8) is 0 Å². The lowest BCUT2D eigenvalue weighted by Gasteiger charge is -2.26. The summed E-state index contributed by atoms with van der Waals surface area (Å²) in [5.41, 5.74) is 1.64. The zero-order valence-electron chi connectivity index (χ0n) is 11.1. The Kier molecular flexibility index (Phi) is 4.70. The molecule has 6 heteroatoms. The topological polar surface area (TPSA) is 67.6 Å². The first kappa shape index (κ1) is 13.8. The molecule has 0 radical (unpaired) electrons. The fourth-order valence-corrected chi connectivity index (χ4v) is 2.10. The maximum Gasteiger partial charge on any atom is 0.274 e. The molecule has 2 rings (SSSR count). The minimum atomic E-state index is -0.345. The van der Waals surface area contributed by atoms with E-state index in [1.807, 2.05) is 6.07 Å². The first-order valence-electron chi connectivity index (χ1n) is 6.46. The van der Waals surface area contributed by atoms with Crippen LogP contribution >= 0.6 is 0 Å². The molecule has 0 spiro atoms. The van der Waals surface area contributed by atoms with E-state index in [4.69, 9.17) is 4.74 Å². The predicted octanol–water partition coefficient (Wildman–Crippen LogP) is 1.65. The van der Waals surface area contributed by atoms with Gasteiger partial charge in [-0.3, -0.25) is 15.0 Å². The number of hydrogen-bond acceptors (Lipinski definition) is 5. The van der Waals surface area contributed by atoms with Gasteiger partial charge in [-0.05, 0) is 13.0 Å². The molecule has 19 heavy (non-hydrogen) atoms. The third-order valence-electron chi connectivity index (χ3n) is 3.27. The second-order valence-electron chi connectivity index (χ2n) is 4.64. The molecule has 1 N–H and O–H groups in total. The van der Waals surface area contributed by atoms with E-state index in [1.165, 1.54) is 0 Å². The van der Waals surface area contributed by atoms with Gasteiger partial charge in [-0.15, -0.1) is 0 Å². The zero-order chi connectivity index (χ0) is 13.7. The molecule has 104 valence electrons. The van der Waals surface area contributed by atoms with Gasteiger partial charge in [0.15, 0.2) is 0 Å². The lowest BCUT2D eigenvalue weighted by Crippen LogP contribution is -2.39. The zero-order valence-corrected chi connectivity index (χ0v) is 11.1. The number of rotatable bonds is 5. The number of nitrogens with zero attached hydrogens (tertiary/aromatic N) is 2. The first-order valence-corrected chi connectivity index (χ1v) is 6.46. The van der Waals surface area contributed by atoms with Gasteiger partial charge in [0.2, 0.25) is 0 Å². The molecule has 1 aliphatic rings. The lowest BCUT2D eigenvalue weighted by molar-refractivity contribution is -0.385. The lowest BCUT2D eigenvalue weighted by atomic mass is 10.2. The summed E-state index contributed by atoms with van der Waals surface area (Å²) in [7, 11) is 0. The van der Waals surface area contributed by atoms with Crippen LogP contribution < -0.4 is 5.32 Å². The molecule has 1 fully saturated rings. The van der Waals surface area contributed by atoms with Gasteiger partial charge in [0.05, 0.1) is 18.1 Å². The molecule has 1 aromatic carbocycles. The molecule has 0 aromatic heterocycles. The van der Waals surface area contributed by atoms with Gasteiger partial charge in [0, 0.05) is 43.5 Å². The summed E-state index contributed by atoms with van der Waals surface area (Å²) >= 11 is 0. The fourth-order valence-electron chi connectivity index (χ4n) is 2.10. The van der Waals surface area contributed by atoms with Gasteiger partial charge in [0.1, 0.15) is 0 Å². The molecule has 6 nitrogen and oxygen atoms in total. The Morgan fingerprint density at radius 3 is 2.84 bits per heavy atom. The fraction of sp³-hybridized carbons (Fsp3) is 0.538. The second kappa shape index (κ2) is 6.49. The van der Waals surface area contributed by atoms with Crippen LogP contribution in [0.25, 0.3) is 0 Å². The van der Waals surface area contributed by atoms with Crippen molar-refractivity contribution in [2.45, 2.75) is 6.92 Å². The highest BCUT2D eigenvalue weighted by molar-refractivity contribution is 5.54. The van der Waals surface area contributed by atoms with Gasteiger partial charge in [-0.25, -0.2) is 0 Å². The van der Waals surface area contributed by atoms with E-state index in [0.717, 1.165) is 45.1 Å². The van der Waals surface area contributed by atoms with Gasteiger partial charge in [-0.1, -0.05) is 6.07 Å². The molecule has 0 unspecified atom stereocenters. The minimum absolute atomic E-state index is 0.163. The van der Waals surface area contributed by atoms with Crippen LogP contribution in [0.2, 0.25) is 0 Å². The molecule has 1 heterocycles. The highest BCUT2D eigenvalue weighted by Gasteiger charge is 2.12. The number of hydrogen-bond donors (Lipinski definition) is 1. The molecule has 1 saturated heterocycles. The molecule has 1 aromatic rings. The Hall–Kier alpha value is -1.66. The van der Waals surface area contributed by atoms with Gasteiger partial charge in [0.25, 0.3) is 5.69 Å². The van der Waals surface area contributed by atoms with E-state index in [9.17, 15) is 10.1 Å². The van der Waals surface area contributed by atoms with Crippen LogP contribution in [0.4, 0.5) is 11.4 Å². The number of aryl methyl sites for hydroxylation is 1. The van der Waals surface area contributed by atoms with Crippen molar-refractivity contribution >= 4 is 11.4 Å². The summed E-state index contributed by atoms with van der Waals surface area (Å²) < 4.78 is 5.28. The molecular weight excluding hydrogens is 246 g/mol. The summed E-state index contributed by atoms with van der Waals surface area (Å²) in [6.07, 6.45) is 0. The minimum Gasteiger partial charge on any atom is -0.384 e. The van der Waals surface area contributed by atoms with Crippen LogP contribution in [-0.2, 0) is 4.74 Å². The highest BCUT2D eigenvalue weighted by atomic mass is 16.6. The Bertz CT molecular complexity index is 445. The Morgan fingerprint density at radius 2 is 2.16 bits per heavy atom. The maximum absolute atomic E-state index is 10.9. The van der Waals surface area contributed by atoms with Crippen LogP contribution in [-0.4, -0.2) is 49.2 Å². The van der Waals surface area contributed by atoms with Crippen molar-refractivity contribution < 1.29 is 9.66 Å². The monoisotopic (exact) mass is 265 g/mol. The van der Waals surface area contributed by atoms with Crippen LogP contribution in [0.3, 0.4) is 0 Å². The van der Waals surface area contributed by atoms with Crippen LogP contribution in [0, 0.1) is 17.0 Å². The number of ether oxygens (including phenoxy) is 1. The average Bonchev–Trinajstić information content (AvgIpc) is 2.41. The molecule has 0 bridgehead atoms. The van der Waals surface area contributed by atoms with Crippen molar-refractivity contribution in [3.8, 4) is 0 Å². The third-order valence-corrected chi connectivity index (χ3v) is 3.27. The number of nitrogens with one attached hydrogen (secondary N) is 1. The standard InChI is InChI=1S/C13H19N3O3/c1-11-2-3-12(10-13(11)16(17)18)14-4-5-15-6-8-19-9-7-15/h2-3,10,14H,4-9H2,1H3. The number of nitro benzene ring substituents is 1. The maximum atomic E-state index is 10.9. The number of benzene rings is 1. The summed E-state index contributed by atoms with van der Waals surface area (Å²) in [4.78, 5) is 12.8. The Labute approximate surface area is 112 Å². The quantitative estimate of drug-likeness (QED) is 0.647. The van der Waals surface area contributed by atoms with E-state index < -0.39 is 0 Å². The van der Waals surface area contributed by atoms with E-state index in [-0.39, 0.29) is 10.6 Å². The highest BCUT2D eigenvalue weighted by Crippen LogP contribution is 2.22. The molecular formula is C13H19N3O3. The first-order chi connectivity index (χ1) is 9.16. The Balaban J connectivity index is 1.85. The second-order valence-corrected chi connectivity index (χ2v) is 4.64. The normalized spacial score (nSPS) is 16.3.